The van der Waals surface area contributed by atoms with Crippen LogP contribution in [0.25, 0.3) is 55.3 Å². The summed E-state index contributed by atoms with van der Waals surface area (Å²) in [5.74, 6) is 0. The van der Waals surface area contributed by atoms with Crippen LogP contribution in [0.3, 0.4) is 0 Å². The molecule has 0 saturated heterocycles. The molecule has 0 spiro atoms. The van der Waals surface area contributed by atoms with Crippen molar-refractivity contribution in [3.05, 3.63) is 200 Å². The van der Waals surface area contributed by atoms with E-state index < -0.39 is 173 Å². The first kappa shape index (κ1) is 12.9. The molecular weight excluding hydrogens is 567 g/mol. The number of benzene rings is 8. The van der Waals surface area contributed by atoms with Gasteiger partial charge in [-0.1, -0.05) is 151 Å². The molecule has 0 heterocycles. The predicted octanol–water partition coefficient (Wildman–Crippen LogP) is 13.0. The summed E-state index contributed by atoms with van der Waals surface area (Å²) in [4.78, 5) is 0.904. The van der Waals surface area contributed by atoms with Crippen molar-refractivity contribution in [2.24, 2.45) is 0 Å². The smallest absolute Gasteiger partial charge is 0.0645 e. The molecule has 0 unspecified atom stereocenters. The first-order valence-corrected chi connectivity index (χ1v) is 14.2. The fraction of sp³-hybridized carbons (Fsp3) is 0. The second-order valence-corrected chi connectivity index (χ2v) is 10.1. The molecule has 8 aromatic carbocycles. The van der Waals surface area contributed by atoms with E-state index in [0.29, 0.717) is 27.5 Å². The van der Waals surface area contributed by atoms with Crippen molar-refractivity contribution in [2.75, 3.05) is 4.90 Å². The van der Waals surface area contributed by atoms with Gasteiger partial charge in [0.2, 0.25) is 0 Å². The van der Waals surface area contributed by atoms with E-state index in [4.69, 9.17) is 26.0 Å². The molecular formula is C46H33N. The number of rotatable bonds is 7. The minimum Gasteiger partial charge on any atom is -0.311 e. The molecule has 1 nitrogen and oxygen atoms in total. The first-order chi connectivity index (χ1) is 32.9. The molecule has 47 heavy (non-hydrogen) atoms. The summed E-state index contributed by atoms with van der Waals surface area (Å²) in [5.41, 5.74) is -2.92. The Morgan fingerprint density at radius 2 is 0.809 bits per heavy atom. The fourth-order valence-electron chi connectivity index (χ4n) is 5.08. The molecule has 0 aliphatic rings. The lowest BCUT2D eigenvalue weighted by Crippen LogP contribution is -2.09. The molecule has 0 atom stereocenters. The van der Waals surface area contributed by atoms with Gasteiger partial charge in [-0.15, -0.1) is 0 Å². The maximum atomic E-state index is 9.35. The lowest BCUT2D eigenvalue weighted by Gasteiger charge is -2.26. The van der Waals surface area contributed by atoms with E-state index in [9.17, 15) is 5.48 Å². The summed E-state index contributed by atoms with van der Waals surface area (Å²) < 4.78 is 199. The Labute approximate surface area is 309 Å². The molecule has 0 amide bonds. The third-order valence-corrected chi connectivity index (χ3v) is 7.26. The highest BCUT2D eigenvalue weighted by Crippen LogP contribution is 2.39. The van der Waals surface area contributed by atoms with Crippen LogP contribution in [0.4, 0.5) is 17.1 Å². The van der Waals surface area contributed by atoms with Gasteiger partial charge in [0.25, 0.3) is 0 Å². The lowest BCUT2D eigenvalue weighted by molar-refractivity contribution is 1.28. The summed E-state index contributed by atoms with van der Waals surface area (Å²) >= 11 is 0. The summed E-state index contributed by atoms with van der Waals surface area (Å²) in [6, 6.07) is -1.64. The highest BCUT2D eigenvalue weighted by atomic mass is 15.1. The second kappa shape index (κ2) is 12.7. The van der Waals surface area contributed by atoms with E-state index >= 15 is 0 Å². The Bertz CT molecular complexity index is 3310. The summed E-state index contributed by atoms with van der Waals surface area (Å²) in [6.45, 7) is 0. The van der Waals surface area contributed by atoms with E-state index in [1.807, 2.05) is 0 Å². The maximum Gasteiger partial charge on any atom is 0.0645 e. The van der Waals surface area contributed by atoms with Gasteiger partial charge in [0, 0.05) is 17.1 Å². The van der Waals surface area contributed by atoms with Crippen LogP contribution in [0, 0.1) is 0 Å². The third kappa shape index (κ3) is 5.83. The summed E-state index contributed by atoms with van der Waals surface area (Å²) in [7, 11) is 0. The van der Waals surface area contributed by atoms with E-state index in [1.54, 1.807) is 36.4 Å². The molecule has 0 radical (unpaired) electrons. The number of hydrogen-bond donors (Lipinski definition) is 0. The van der Waals surface area contributed by atoms with Crippen LogP contribution in [0.15, 0.2) is 200 Å². The van der Waals surface area contributed by atoms with Gasteiger partial charge < -0.3 is 4.90 Å². The van der Waals surface area contributed by atoms with Gasteiger partial charge >= 0.3 is 0 Å². The van der Waals surface area contributed by atoms with E-state index in [2.05, 4.69) is 0 Å². The van der Waals surface area contributed by atoms with Crippen molar-refractivity contribution in [1.29, 1.82) is 0 Å². The largest absolute Gasteiger partial charge is 0.311 e. The van der Waals surface area contributed by atoms with Crippen LogP contribution < -0.4 is 4.90 Å². The molecule has 0 saturated carbocycles. The summed E-state index contributed by atoms with van der Waals surface area (Å²) in [5, 5.41) is 1.19. The zero-order chi connectivity index (χ0) is 51.4. The SMILES string of the molecule is [2H]c1c([2H])c([2H])c(-c2c([2H])c([2H])c(N(c3ccc(-c4cc(-c5c([2H])c([2H])c([2H])c([2H])c5[2H])c5ccccc5c4)cc3)c3c([2H])c([2H])c(-c4c([2H])c([2H])c([2H])c([2H])c4[2H])c([2H])c3[2H])c([2H])c2[2H])c([2H])c1[2H]. The van der Waals surface area contributed by atoms with Crippen LogP contribution in [-0.2, 0) is 0 Å². The molecule has 0 aliphatic heterocycles. The van der Waals surface area contributed by atoms with Crippen LogP contribution in [-0.4, -0.2) is 0 Å². The average Bonchev–Trinajstić information content (AvgIpc) is 3.35. The van der Waals surface area contributed by atoms with Gasteiger partial charge in [-0.3, -0.25) is 0 Å². The van der Waals surface area contributed by atoms with Gasteiger partial charge in [0.1, 0.15) is 0 Å². The van der Waals surface area contributed by atoms with Crippen molar-refractivity contribution < 1.29 is 31.5 Å². The van der Waals surface area contributed by atoms with Crippen molar-refractivity contribution in [1.82, 2.24) is 0 Å². The zero-order valence-corrected chi connectivity index (χ0v) is 24.2. The molecule has 0 bridgehead atoms. The molecule has 0 aromatic heterocycles. The minimum atomic E-state index is -0.906. The van der Waals surface area contributed by atoms with Gasteiger partial charge in [-0.25, -0.2) is 0 Å². The molecule has 8 rings (SSSR count). The minimum absolute atomic E-state index is 0.0577. The Kier molecular flexibility index (Phi) is 3.48. The highest BCUT2D eigenvalue weighted by molar-refractivity contribution is 6.00. The Morgan fingerprint density at radius 1 is 0.340 bits per heavy atom. The van der Waals surface area contributed by atoms with Crippen molar-refractivity contribution in [2.45, 2.75) is 0 Å². The van der Waals surface area contributed by atoms with Crippen molar-refractivity contribution in [3.8, 4) is 44.5 Å². The number of nitrogens with zero attached hydrogens (tertiary/aromatic N) is 1. The maximum absolute atomic E-state index is 9.35. The Hall–Kier alpha value is -6.18. The number of hydrogen-bond acceptors (Lipinski definition) is 1. The van der Waals surface area contributed by atoms with E-state index in [-0.39, 0.29) is 11.3 Å². The lowest BCUT2D eigenvalue weighted by atomic mass is 9.93. The Balaban J connectivity index is 1.41. The van der Waals surface area contributed by atoms with Gasteiger partial charge in [0.15, 0.2) is 0 Å². The van der Waals surface area contributed by atoms with Crippen LogP contribution in [0.2, 0.25) is 0 Å². The van der Waals surface area contributed by atoms with Crippen LogP contribution >= 0.6 is 0 Å². The van der Waals surface area contributed by atoms with Gasteiger partial charge in [-0.05, 0) is 104 Å². The normalized spacial score (nSPS) is 17.8. The van der Waals surface area contributed by atoms with Gasteiger partial charge in [0.05, 0.1) is 31.5 Å². The molecule has 0 fully saturated rings. The first-order valence-electron chi connectivity index (χ1n) is 25.7. The monoisotopic (exact) mass is 622 g/mol. The molecule has 8 aromatic rings. The van der Waals surface area contributed by atoms with Gasteiger partial charge in [-0.2, -0.15) is 0 Å². The van der Waals surface area contributed by atoms with Crippen molar-refractivity contribution in [3.63, 3.8) is 0 Å². The van der Waals surface area contributed by atoms with Crippen LogP contribution in [0.1, 0.15) is 31.5 Å². The predicted molar refractivity (Wildman–Crippen MR) is 200 cm³/mol. The molecule has 0 N–H and O–H groups in total. The molecule has 0 aliphatic carbocycles. The highest BCUT2D eigenvalue weighted by Gasteiger charge is 2.15. The summed E-state index contributed by atoms with van der Waals surface area (Å²) in [6.07, 6.45) is 0. The number of fused-ring (bicyclic) bond motifs is 1. The Morgan fingerprint density at radius 3 is 1.34 bits per heavy atom. The molecule has 1 heteroatoms. The third-order valence-electron chi connectivity index (χ3n) is 7.26. The zero-order valence-electron chi connectivity index (χ0n) is 47.2. The van der Waals surface area contributed by atoms with E-state index in [0.717, 1.165) is 4.90 Å². The topological polar surface area (TPSA) is 3.24 Å². The quantitative estimate of drug-likeness (QED) is 0.171. The molecule has 222 valence electrons. The fourth-order valence-corrected chi connectivity index (χ4v) is 5.08. The second-order valence-electron chi connectivity index (χ2n) is 10.1. The van der Waals surface area contributed by atoms with Crippen LogP contribution in [0.5, 0.6) is 0 Å². The number of anilines is 3. The van der Waals surface area contributed by atoms with Crippen molar-refractivity contribution >= 4 is 27.8 Å². The van der Waals surface area contributed by atoms with E-state index in [1.165, 1.54) is 24.3 Å². The average molecular weight is 623 g/mol. The standard InChI is InChI=1S/C46H33N/c1-4-12-34(13-5-1)36-20-26-42(27-21-36)47(43-28-22-37(23-29-43)35-14-6-2-7-15-35)44-30-24-38(25-31-44)41-32-40-18-10-11-19-45(40)46(33-41)39-16-8-3-9-17-39/h1-33H/i1D,2D,3D,4D,5D,6D,7D,8D,9D,12D,13D,14D,15D,16D,17D,20D,21D,22D,23D,26D,27D,28D,29D.